The van der Waals surface area contributed by atoms with Gasteiger partial charge in [0, 0.05) is 6.42 Å². The fourth-order valence-corrected chi connectivity index (χ4v) is 3.75. The SMILES string of the molecule is CCC(CC)CC(CCCCCC(=O)O)(CC(CC)CC)C(=O)O. The lowest BCUT2D eigenvalue weighted by atomic mass is 9.68. The minimum Gasteiger partial charge on any atom is -0.481 e. The van der Waals surface area contributed by atoms with Gasteiger partial charge in [-0.1, -0.05) is 66.2 Å². The topological polar surface area (TPSA) is 74.6 Å². The molecule has 0 atom stereocenters. The molecule has 0 saturated carbocycles. The quantitative estimate of drug-likeness (QED) is 0.372. The standard InChI is InChI=1S/C20H38O4/c1-5-16(6-2)14-20(19(23)24,15-17(7-3)8-4)13-11-9-10-12-18(21)22/h16-17H,5-15H2,1-4H3,(H,21,22)(H,23,24). The van der Waals surface area contributed by atoms with Gasteiger partial charge in [0.1, 0.15) is 0 Å². The van der Waals surface area contributed by atoms with E-state index >= 15 is 0 Å². The number of hydrogen-bond acceptors (Lipinski definition) is 2. The number of carboxylic acids is 2. The number of unbranched alkanes of at least 4 members (excludes halogenated alkanes) is 2. The Morgan fingerprint density at radius 3 is 1.58 bits per heavy atom. The molecule has 0 radical (unpaired) electrons. The zero-order valence-electron chi connectivity index (χ0n) is 16.1. The number of aliphatic carboxylic acids is 2. The third kappa shape index (κ3) is 8.16. The predicted molar refractivity (Wildman–Crippen MR) is 98.2 cm³/mol. The Morgan fingerprint density at radius 2 is 1.25 bits per heavy atom. The van der Waals surface area contributed by atoms with E-state index < -0.39 is 17.4 Å². The summed E-state index contributed by atoms with van der Waals surface area (Å²) in [6.07, 6.45) is 8.69. The predicted octanol–water partition coefficient (Wildman–Crippen LogP) is 5.75. The monoisotopic (exact) mass is 342 g/mol. The van der Waals surface area contributed by atoms with E-state index in [1.165, 1.54) is 0 Å². The Bertz CT molecular complexity index is 343. The maximum atomic E-state index is 12.2. The van der Waals surface area contributed by atoms with Crippen LogP contribution in [0.4, 0.5) is 0 Å². The van der Waals surface area contributed by atoms with Gasteiger partial charge in [-0.3, -0.25) is 9.59 Å². The van der Waals surface area contributed by atoms with E-state index in [2.05, 4.69) is 27.7 Å². The summed E-state index contributed by atoms with van der Waals surface area (Å²) in [5.41, 5.74) is -0.642. The Morgan fingerprint density at radius 1 is 0.792 bits per heavy atom. The largest absolute Gasteiger partial charge is 0.481 e. The highest BCUT2D eigenvalue weighted by Gasteiger charge is 2.40. The summed E-state index contributed by atoms with van der Waals surface area (Å²) in [4.78, 5) is 22.9. The average Bonchev–Trinajstić information content (AvgIpc) is 2.55. The minimum absolute atomic E-state index is 0.180. The lowest BCUT2D eigenvalue weighted by Gasteiger charge is -2.35. The summed E-state index contributed by atoms with van der Waals surface area (Å²) in [5.74, 6) is -0.517. The highest BCUT2D eigenvalue weighted by Crippen LogP contribution is 2.42. The van der Waals surface area contributed by atoms with Crippen LogP contribution in [0.2, 0.25) is 0 Å². The van der Waals surface area contributed by atoms with Crippen LogP contribution in [-0.2, 0) is 9.59 Å². The summed E-state index contributed by atoms with van der Waals surface area (Å²) in [7, 11) is 0. The van der Waals surface area contributed by atoms with E-state index in [9.17, 15) is 14.7 Å². The summed E-state index contributed by atoms with van der Waals surface area (Å²) in [5, 5.41) is 18.8. The summed E-state index contributed by atoms with van der Waals surface area (Å²) >= 11 is 0. The Balaban J connectivity index is 5.04. The smallest absolute Gasteiger partial charge is 0.309 e. The number of carbonyl (C=O) groups is 2. The van der Waals surface area contributed by atoms with E-state index in [0.717, 1.165) is 51.4 Å². The molecular formula is C20H38O4. The molecule has 142 valence electrons. The van der Waals surface area contributed by atoms with Crippen LogP contribution in [-0.4, -0.2) is 22.2 Å². The second-order valence-electron chi connectivity index (χ2n) is 7.31. The molecule has 0 unspecified atom stereocenters. The molecule has 0 aliphatic carbocycles. The molecule has 2 N–H and O–H groups in total. The van der Waals surface area contributed by atoms with Gasteiger partial charge in [0.2, 0.25) is 0 Å². The Kier molecular flexibility index (Phi) is 11.8. The molecule has 0 heterocycles. The first-order chi connectivity index (χ1) is 11.3. The second kappa shape index (κ2) is 12.3. The van der Waals surface area contributed by atoms with Crippen LogP contribution in [0.25, 0.3) is 0 Å². The summed E-state index contributed by atoms with van der Waals surface area (Å²) < 4.78 is 0. The lowest BCUT2D eigenvalue weighted by Crippen LogP contribution is -2.35. The van der Waals surface area contributed by atoms with Gasteiger partial charge >= 0.3 is 11.9 Å². The molecule has 0 saturated heterocycles. The maximum absolute atomic E-state index is 12.2. The zero-order chi connectivity index (χ0) is 18.6. The molecule has 0 aromatic heterocycles. The Hall–Kier alpha value is -1.06. The molecule has 0 aromatic carbocycles. The third-order valence-corrected chi connectivity index (χ3v) is 5.67. The Labute approximate surface area is 148 Å². The van der Waals surface area contributed by atoms with Gasteiger partial charge in [-0.05, 0) is 37.5 Å². The van der Waals surface area contributed by atoms with Crippen molar-refractivity contribution in [2.45, 2.75) is 98.3 Å². The van der Waals surface area contributed by atoms with Crippen LogP contribution in [0, 0.1) is 17.3 Å². The van der Waals surface area contributed by atoms with Gasteiger partial charge in [-0.25, -0.2) is 0 Å². The molecule has 0 bridgehead atoms. The van der Waals surface area contributed by atoms with Crippen LogP contribution in [0.15, 0.2) is 0 Å². The van der Waals surface area contributed by atoms with Crippen molar-refractivity contribution in [1.82, 2.24) is 0 Å². The van der Waals surface area contributed by atoms with Crippen molar-refractivity contribution in [3.8, 4) is 0 Å². The highest BCUT2D eigenvalue weighted by atomic mass is 16.4. The zero-order valence-corrected chi connectivity index (χ0v) is 16.1. The number of carboxylic acid groups (broad SMARTS) is 2. The van der Waals surface area contributed by atoms with Crippen molar-refractivity contribution in [2.24, 2.45) is 17.3 Å². The molecule has 0 amide bonds. The molecule has 24 heavy (non-hydrogen) atoms. The minimum atomic E-state index is -0.770. The van der Waals surface area contributed by atoms with Crippen LogP contribution < -0.4 is 0 Å². The van der Waals surface area contributed by atoms with Gasteiger partial charge in [0.25, 0.3) is 0 Å². The van der Waals surface area contributed by atoms with Crippen LogP contribution in [0.1, 0.15) is 98.3 Å². The van der Waals surface area contributed by atoms with Gasteiger partial charge in [0.15, 0.2) is 0 Å². The van der Waals surface area contributed by atoms with E-state index in [-0.39, 0.29) is 6.42 Å². The number of hydrogen-bond donors (Lipinski definition) is 2. The van der Waals surface area contributed by atoms with Gasteiger partial charge < -0.3 is 10.2 Å². The van der Waals surface area contributed by atoms with Crippen molar-refractivity contribution in [2.75, 3.05) is 0 Å². The van der Waals surface area contributed by atoms with Crippen molar-refractivity contribution in [1.29, 1.82) is 0 Å². The summed E-state index contributed by atoms with van der Waals surface area (Å²) in [6, 6.07) is 0. The molecule has 4 nitrogen and oxygen atoms in total. The van der Waals surface area contributed by atoms with Crippen molar-refractivity contribution in [3.05, 3.63) is 0 Å². The molecule has 0 rings (SSSR count). The molecule has 4 heteroatoms. The van der Waals surface area contributed by atoms with Crippen molar-refractivity contribution < 1.29 is 19.8 Å². The van der Waals surface area contributed by atoms with Crippen LogP contribution in [0.3, 0.4) is 0 Å². The van der Waals surface area contributed by atoms with Gasteiger partial charge in [0.05, 0.1) is 5.41 Å². The molecule has 0 fully saturated rings. The first kappa shape index (κ1) is 22.9. The lowest BCUT2D eigenvalue weighted by molar-refractivity contribution is -0.152. The molecule has 0 aliphatic rings. The van der Waals surface area contributed by atoms with E-state index in [1.54, 1.807) is 0 Å². The number of rotatable bonds is 15. The molecule has 0 spiro atoms. The van der Waals surface area contributed by atoms with E-state index in [0.29, 0.717) is 24.7 Å². The summed E-state index contributed by atoms with van der Waals surface area (Å²) in [6.45, 7) is 8.57. The van der Waals surface area contributed by atoms with E-state index in [1.807, 2.05) is 0 Å². The van der Waals surface area contributed by atoms with Gasteiger partial charge in [-0.15, -0.1) is 0 Å². The van der Waals surface area contributed by atoms with Crippen LogP contribution >= 0.6 is 0 Å². The fourth-order valence-electron chi connectivity index (χ4n) is 3.75. The van der Waals surface area contributed by atoms with E-state index in [4.69, 9.17) is 5.11 Å². The second-order valence-corrected chi connectivity index (χ2v) is 7.31. The molecule has 0 aliphatic heterocycles. The third-order valence-electron chi connectivity index (χ3n) is 5.67. The normalized spacial score (nSPS) is 12.1. The van der Waals surface area contributed by atoms with Crippen LogP contribution in [0.5, 0.6) is 0 Å². The molecule has 0 aromatic rings. The highest BCUT2D eigenvalue weighted by molar-refractivity contribution is 5.74. The molecular weight excluding hydrogens is 304 g/mol. The van der Waals surface area contributed by atoms with Crippen molar-refractivity contribution >= 4 is 11.9 Å². The first-order valence-electron chi connectivity index (χ1n) is 9.80. The average molecular weight is 343 g/mol. The maximum Gasteiger partial charge on any atom is 0.309 e. The fraction of sp³-hybridized carbons (Fsp3) is 0.900. The first-order valence-corrected chi connectivity index (χ1v) is 9.80. The van der Waals surface area contributed by atoms with Crippen molar-refractivity contribution in [3.63, 3.8) is 0 Å². The van der Waals surface area contributed by atoms with Gasteiger partial charge in [-0.2, -0.15) is 0 Å².